The fraction of sp³-hybridized carbons (Fsp3) is 0. The van der Waals surface area contributed by atoms with E-state index in [1.165, 1.54) is 0 Å². The van der Waals surface area contributed by atoms with Crippen LogP contribution in [0.3, 0.4) is 0 Å². The number of nitrogens with zero attached hydrogens (tertiary/aromatic N) is 4. The van der Waals surface area contributed by atoms with Gasteiger partial charge in [0, 0.05) is 33.9 Å². The number of halogens is 1. The van der Waals surface area contributed by atoms with E-state index < -0.39 is 0 Å². The Morgan fingerprint density at radius 2 is 1.68 bits per heavy atom. The second-order valence-electron chi connectivity index (χ2n) is 6.97. The molecule has 0 amide bonds. The molecule has 5 aromatic rings. The number of hydrogen-bond donors (Lipinski definition) is 1. The van der Waals surface area contributed by atoms with Crippen molar-refractivity contribution in [2.45, 2.75) is 0 Å². The second-order valence-corrected chi connectivity index (χ2v) is 7.41. The summed E-state index contributed by atoms with van der Waals surface area (Å²) in [6.45, 7) is 0. The fourth-order valence-electron chi connectivity index (χ4n) is 3.41. The molecule has 31 heavy (non-hydrogen) atoms. The smallest absolute Gasteiger partial charge is 0.102 e. The first-order valence-corrected chi connectivity index (χ1v) is 10.2. The first-order valence-electron chi connectivity index (χ1n) is 9.82. The summed E-state index contributed by atoms with van der Waals surface area (Å²) in [5.41, 5.74) is 8.59. The Bertz CT molecular complexity index is 1360. The van der Waals surface area contributed by atoms with E-state index in [1.807, 2.05) is 95.8 Å². The van der Waals surface area contributed by atoms with Crippen molar-refractivity contribution in [2.24, 2.45) is 5.10 Å². The lowest BCUT2D eigenvalue weighted by Crippen LogP contribution is -1.93. The van der Waals surface area contributed by atoms with E-state index in [9.17, 15) is 0 Å². The Labute approximate surface area is 184 Å². The summed E-state index contributed by atoms with van der Waals surface area (Å²) in [7, 11) is 0. The highest BCUT2D eigenvalue weighted by molar-refractivity contribution is 6.31. The van der Waals surface area contributed by atoms with E-state index in [-0.39, 0.29) is 0 Å². The molecule has 5 rings (SSSR count). The molecule has 2 heterocycles. The SMILES string of the molecule is Clc1ccc2c(N/N=C/c3cn(-c4ccccc4)nc3-c3ccccc3)ccnc2c1. The molecule has 150 valence electrons. The molecule has 0 radical (unpaired) electrons. The standard InChI is InChI=1S/C25H18ClN5/c26-20-11-12-22-23(13-14-27-24(22)15-20)29-28-16-19-17-31(21-9-5-2-6-10-21)30-25(19)18-7-3-1-4-8-18/h1-17H,(H,27,29)/b28-16+. The molecule has 1 N–H and O–H groups in total. The van der Waals surface area contributed by atoms with Gasteiger partial charge in [0.2, 0.25) is 0 Å². The molecule has 6 heteroatoms. The minimum atomic E-state index is 0.654. The van der Waals surface area contributed by atoms with E-state index in [2.05, 4.69) is 15.5 Å². The van der Waals surface area contributed by atoms with Crippen molar-refractivity contribution in [1.29, 1.82) is 0 Å². The minimum absolute atomic E-state index is 0.654. The molecule has 2 aromatic heterocycles. The van der Waals surface area contributed by atoms with Gasteiger partial charge in [-0.15, -0.1) is 0 Å². The first kappa shape index (κ1) is 19.0. The van der Waals surface area contributed by atoms with Crippen molar-refractivity contribution in [3.8, 4) is 16.9 Å². The average molecular weight is 424 g/mol. The highest BCUT2D eigenvalue weighted by atomic mass is 35.5. The van der Waals surface area contributed by atoms with Crippen molar-refractivity contribution in [3.63, 3.8) is 0 Å². The molecule has 0 saturated carbocycles. The monoisotopic (exact) mass is 423 g/mol. The number of aromatic nitrogens is 3. The summed E-state index contributed by atoms with van der Waals surface area (Å²) in [6, 6.07) is 27.6. The summed E-state index contributed by atoms with van der Waals surface area (Å²) >= 11 is 6.08. The lowest BCUT2D eigenvalue weighted by molar-refractivity contribution is 0.884. The average Bonchev–Trinajstić information content (AvgIpc) is 3.24. The summed E-state index contributed by atoms with van der Waals surface area (Å²) in [5.74, 6) is 0. The van der Waals surface area contributed by atoms with E-state index in [0.29, 0.717) is 5.02 Å². The topological polar surface area (TPSA) is 55.1 Å². The van der Waals surface area contributed by atoms with Crippen LogP contribution in [0.15, 0.2) is 102 Å². The van der Waals surface area contributed by atoms with Gasteiger partial charge in [-0.05, 0) is 36.4 Å². The van der Waals surface area contributed by atoms with E-state index in [1.54, 1.807) is 12.4 Å². The fourth-order valence-corrected chi connectivity index (χ4v) is 3.57. The van der Waals surface area contributed by atoms with E-state index >= 15 is 0 Å². The molecule has 0 atom stereocenters. The maximum absolute atomic E-state index is 6.08. The summed E-state index contributed by atoms with van der Waals surface area (Å²) in [4.78, 5) is 4.37. The van der Waals surface area contributed by atoms with Crippen molar-refractivity contribution in [1.82, 2.24) is 14.8 Å². The number of nitrogens with one attached hydrogen (secondary N) is 1. The number of fused-ring (bicyclic) bond motifs is 1. The Hall–Kier alpha value is -3.96. The highest BCUT2D eigenvalue weighted by Crippen LogP contribution is 2.25. The van der Waals surface area contributed by atoms with Gasteiger partial charge >= 0.3 is 0 Å². The van der Waals surface area contributed by atoms with Gasteiger partial charge in [-0.1, -0.05) is 60.1 Å². The van der Waals surface area contributed by atoms with Crippen molar-refractivity contribution < 1.29 is 0 Å². The molecule has 0 saturated heterocycles. The summed E-state index contributed by atoms with van der Waals surface area (Å²) in [5, 5.41) is 10.9. The highest BCUT2D eigenvalue weighted by Gasteiger charge is 2.11. The maximum atomic E-state index is 6.08. The summed E-state index contributed by atoms with van der Waals surface area (Å²) in [6.07, 6.45) is 5.50. The van der Waals surface area contributed by atoms with Gasteiger partial charge in [0.1, 0.15) is 5.69 Å². The third-order valence-corrected chi connectivity index (χ3v) is 5.14. The Balaban J connectivity index is 1.50. The van der Waals surface area contributed by atoms with Gasteiger partial charge in [0.15, 0.2) is 0 Å². The quantitative estimate of drug-likeness (QED) is 0.271. The van der Waals surface area contributed by atoms with Crippen LogP contribution >= 0.6 is 11.6 Å². The van der Waals surface area contributed by atoms with Crippen LogP contribution in [0.25, 0.3) is 27.8 Å². The normalized spacial score (nSPS) is 11.3. The number of rotatable bonds is 5. The van der Waals surface area contributed by atoms with Gasteiger partial charge in [-0.2, -0.15) is 10.2 Å². The molecule has 0 fully saturated rings. The molecule has 0 aliphatic rings. The number of hydrazone groups is 1. The minimum Gasteiger partial charge on any atom is -0.278 e. The largest absolute Gasteiger partial charge is 0.278 e. The first-order chi connectivity index (χ1) is 15.3. The van der Waals surface area contributed by atoms with Crippen LogP contribution in [0.2, 0.25) is 5.02 Å². The molecule has 3 aromatic carbocycles. The molecule has 0 aliphatic carbocycles. The van der Waals surface area contributed by atoms with Gasteiger partial charge < -0.3 is 0 Å². The maximum Gasteiger partial charge on any atom is 0.102 e. The molecule has 0 spiro atoms. The van der Waals surface area contributed by atoms with E-state index in [0.717, 1.165) is 39.1 Å². The number of para-hydroxylation sites is 1. The van der Waals surface area contributed by atoms with Crippen LogP contribution in [0, 0.1) is 0 Å². The predicted molar refractivity (Wildman–Crippen MR) is 127 cm³/mol. The van der Waals surface area contributed by atoms with Crippen LogP contribution < -0.4 is 5.43 Å². The van der Waals surface area contributed by atoms with Crippen LogP contribution in [-0.2, 0) is 0 Å². The van der Waals surface area contributed by atoms with Crippen LogP contribution in [0.1, 0.15) is 5.56 Å². The summed E-state index contributed by atoms with van der Waals surface area (Å²) < 4.78 is 1.87. The lowest BCUT2D eigenvalue weighted by Gasteiger charge is -2.05. The molecule has 5 nitrogen and oxygen atoms in total. The lowest BCUT2D eigenvalue weighted by atomic mass is 10.1. The third-order valence-electron chi connectivity index (χ3n) is 4.90. The molecule has 0 bridgehead atoms. The second kappa shape index (κ2) is 8.42. The van der Waals surface area contributed by atoms with Crippen molar-refractivity contribution in [2.75, 3.05) is 5.43 Å². The number of pyridine rings is 1. The third kappa shape index (κ3) is 4.04. The molecular formula is C25H18ClN5. The molecule has 0 unspecified atom stereocenters. The number of anilines is 1. The molecule has 0 aliphatic heterocycles. The van der Waals surface area contributed by atoms with Gasteiger partial charge in [0.25, 0.3) is 0 Å². The van der Waals surface area contributed by atoms with Gasteiger partial charge in [-0.25, -0.2) is 4.68 Å². The van der Waals surface area contributed by atoms with Gasteiger partial charge in [0.05, 0.1) is 23.1 Å². The Kier molecular flexibility index (Phi) is 5.17. The van der Waals surface area contributed by atoms with Crippen LogP contribution in [0.5, 0.6) is 0 Å². The van der Waals surface area contributed by atoms with Crippen molar-refractivity contribution >= 4 is 34.4 Å². The Morgan fingerprint density at radius 3 is 2.48 bits per heavy atom. The van der Waals surface area contributed by atoms with Crippen molar-refractivity contribution in [3.05, 3.63) is 108 Å². The van der Waals surface area contributed by atoms with Gasteiger partial charge in [-0.3, -0.25) is 10.4 Å². The molecular weight excluding hydrogens is 406 g/mol. The van der Waals surface area contributed by atoms with Crippen LogP contribution in [-0.4, -0.2) is 21.0 Å². The Morgan fingerprint density at radius 1 is 0.903 bits per heavy atom. The zero-order valence-electron chi connectivity index (χ0n) is 16.5. The predicted octanol–water partition coefficient (Wildman–Crippen LogP) is 6.19. The van der Waals surface area contributed by atoms with E-state index in [4.69, 9.17) is 16.7 Å². The zero-order valence-corrected chi connectivity index (χ0v) is 17.2. The zero-order chi connectivity index (χ0) is 21.0. The number of hydrogen-bond acceptors (Lipinski definition) is 4. The number of benzene rings is 3. The van der Waals surface area contributed by atoms with Crippen LogP contribution in [0.4, 0.5) is 5.69 Å².